The van der Waals surface area contributed by atoms with E-state index in [1.54, 1.807) is 6.08 Å². The molecule has 0 aromatic rings. The maximum atomic E-state index is 9.14. The molecule has 1 atom stereocenters. The summed E-state index contributed by atoms with van der Waals surface area (Å²) in [5.41, 5.74) is 0. The highest BCUT2D eigenvalue weighted by atomic mass is 16.3. The monoisotopic (exact) mass is 140 g/mol. The molecule has 58 valence electrons. The van der Waals surface area contributed by atoms with Gasteiger partial charge < -0.3 is 5.11 Å². The Morgan fingerprint density at radius 3 is 2.60 bits per heavy atom. The second-order valence-corrected chi connectivity index (χ2v) is 2.21. The van der Waals surface area contributed by atoms with E-state index in [2.05, 4.69) is 13.0 Å². The average molecular weight is 140 g/mol. The van der Waals surface area contributed by atoms with Crippen molar-refractivity contribution in [3.8, 4) is 0 Å². The summed E-state index contributed by atoms with van der Waals surface area (Å²) in [6.45, 7) is 3.99. The molecule has 0 aliphatic heterocycles. The molecule has 0 aromatic heterocycles. The van der Waals surface area contributed by atoms with Gasteiger partial charge >= 0.3 is 0 Å². The van der Waals surface area contributed by atoms with E-state index in [4.69, 9.17) is 5.11 Å². The smallest absolute Gasteiger partial charge is 0.0755 e. The van der Waals surface area contributed by atoms with Crippen molar-refractivity contribution in [2.45, 2.75) is 32.8 Å². The average Bonchev–Trinajstić information content (AvgIpc) is 1.89. The molecule has 0 amide bonds. The number of aliphatic hydroxyl groups excluding tert-OH is 1. The lowest BCUT2D eigenvalue weighted by Crippen LogP contribution is -1.98. The normalized spacial score (nSPS) is 15.1. The Morgan fingerprint density at radius 1 is 1.40 bits per heavy atom. The zero-order valence-corrected chi connectivity index (χ0v) is 6.75. The fourth-order valence-corrected chi connectivity index (χ4v) is 0.703. The number of allylic oxidation sites excluding steroid dienone is 2. The van der Waals surface area contributed by atoms with Crippen molar-refractivity contribution >= 4 is 0 Å². The topological polar surface area (TPSA) is 20.2 Å². The van der Waals surface area contributed by atoms with Crippen LogP contribution in [0.1, 0.15) is 26.7 Å². The summed E-state index contributed by atoms with van der Waals surface area (Å²) >= 11 is 0. The Labute approximate surface area is 63.1 Å². The summed E-state index contributed by atoms with van der Waals surface area (Å²) < 4.78 is 0. The standard InChI is InChI=1S/C9H16O/c1-3-5-6-8-9(10)7-4-2/h4-7,9-10H,3,8H2,1-2H3/b6-5-,7-4+/t9-/m1/s1. The van der Waals surface area contributed by atoms with E-state index in [1.165, 1.54) is 0 Å². The molecular weight excluding hydrogens is 124 g/mol. The third kappa shape index (κ3) is 5.57. The largest absolute Gasteiger partial charge is 0.389 e. The van der Waals surface area contributed by atoms with Crippen LogP contribution in [0, 0.1) is 0 Å². The first kappa shape index (κ1) is 9.44. The molecule has 0 spiro atoms. The second-order valence-electron chi connectivity index (χ2n) is 2.21. The van der Waals surface area contributed by atoms with Crippen LogP contribution in [-0.2, 0) is 0 Å². The van der Waals surface area contributed by atoms with E-state index in [0.717, 1.165) is 12.8 Å². The lowest BCUT2D eigenvalue weighted by Gasteiger charge is -1.97. The number of hydrogen-bond donors (Lipinski definition) is 1. The minimum atomic E-state index is -0.298. The van der Waals surface area contributed by atoms with Gasteiger partial charge in [0.2, 0.25) is 0 Å². The molecule has 1 heteroatoms. The van der Waals surface area contributed by atoms with E-state index < -0.39 is 0 Å². The second kappa shape index (κ2) is 6.56. The SMILES string of the molecule is C/C=C/[C@@H](O)C/C=C\CC. The van der Waals surface area contributed by atoms with Gasteiger partial charge in [-0.15, -0.1) is 0 Å². The summed E-state index contributed by atoms with van der Waals surface area (Å²) in [5, 5.41) is 9.14. The van der Waals surface area contributed by atoms with Crippen LogP contribution in [-0.4, -0.2) is 11.2 Å². The zero-order chi connectivity index (χ0) is 7.82. The van der Waals surface area contributed by atoms with Crippen molar-refractivity contribution in [2.24, 2.45) is 0 Å². The van der Waals surface area contributed by atoms with Gasteiger partial charge in [-0.25, -0.2) is 0 Å². The molecule has 0 aliphatic carbocycles. The fourth-order valence-electron chi connectivity index (χ4n) is 0.703. The van der Waals surface area contributed by atoms with Crippen LogP contribution >= 0.6 is 0 Å². The van der Waals surface area contributed by atoms with Gasteiger partial charge in [0.15, 0.2) is 0 Å². The van der Waals surface area contributed by atoms with Crippen molar-refractivity contribution in [3.05, 3.63) is 24.3 Å². The molecular formula is C9H16O. The predicted molar refractivity (Wildman–Crippen MR) is 44.9 cm³/mol. The van der Waals surface area contributed by atoms with Crippen LogP contribution < -0.4 is 0 Å². The molecule has 10 heavy (non-hydrogen) atoms. The minimum absolute atomic E-state index is 0.298. The van der Waals surface area contributed by atoms with Gasteiger partial charge in [-0.05, 0) is 19.8 Å². The van der Waals surface area contributed by atoms with Gasteiger partial charge in [-0.2, -0.15) is 0 Å². The lowest BCUT2D eigenvalue weighted by atomic mass is 10.2. The van der Waals surface area contributed by atoms with Crippen LogP contribution in [0.25, 0.3) is 0 Å². The molecule has 0 radical (unpaired) electrons. The van der Waals surface area contributed by atoms with Gasteiger partial charge in [0.05, 0.1) is 6.10 Å². The summed E-state index contributed by atoms with van der Waals surface area (Å²) in [7, 11) is 0. The first-order chi connectivity index (χ1) is 4.81. The van der Waals surface area contributed by atoms with E-state index in [-0.39, 0.29) is 6.10 Å². The van der Waals surface area contributed by atoms with Gasteiger partial charge in [-0.1, -0.05) is 31.2 Å². The molecule has 0 saturated carbocycles. The van der Waals surface area contributed by atoms with Crippen molar-refractivity contribution in [3.63, 3.8) is 0 Å². The molecule has 0 bridgehead atoms. The molecule has 1 N–H and O–H groups in total. The fraction of sp³-hybridized carbons (Fsp3) is 0.556. The Bertz CT molecular complexity index is 114. The predicted octanol–water partition coefficient (Wildman–Crippen LogP) is 2.28. The Morgan fingerprint density at radius 2 is 2.10 bits per heavy atom. The summed E-state index contributed by atoms with van der Waals surface area (Å²) in [6, 6.07) is 0. The summed E-state index contributed by atoms with van der Waals surface area (Å²) in [5.74, 6) is 0. The Kier molecular flexibility index (Phi) is 6.19. The molecule has 0 heterocycles. The van der Waals surface area contributed by atoms with Gasteiger partial charge in [0.1, 0.15) is 0 Å². The zero-order valence-electron chi connectivity index (χ0n) is 6.75. The Hall–Kier alpha value is -0.560. The van der Waals surface area contributed by atoms with E-state index in [9.17, 15) is 0 Å². The Balaban J connectivity index is 3.38. The van der Waals surface area contributed by atoms with E-state index in [1.807, 2.05) is 19.1 Å². The third-order valence-corrected chi connectivity index (χ3v) is 1.19. The van der Waals surface area contributed by atoms with Crippen LogP contribution in [0.4, 0.5) is 0 Å². The molecule has 1 nitrogen and oxygen atoms in total. The first-order valence-corrected chi connectivity index (χ1v) is 3.77. The van der Waals surface area contributed by atoms with Crippen molar-refractivity contribution in [2.75, 3.05) is 0 Å². The molecule has 0 saturated heterocycles. The maximum Gasteiger partial charge on any atom is 0.0755 e. The van der Waals surface area contributed by atoms with Crippen LogP contribution in [0.5, 0.6) is 0 Å². The number of rotatable bonds is 4. The highest BCUT2D eigenvalue weighted by Crippen LogP contribution is 1.95. The van der Waals surface area contributed by atoms with Gasteiger partial charge in [-0.3, -0.25) is 0 Å². The molecule has 0 unspecified atom stereocenters. The maximum absolute atomic E-state index is 9.14. The summed E-state index contributed by atoms with van der Waals surface area (Å²) in [6.07, 6.45) is 9.20. The summed E-state index contributed by atoms with van der Waals surface area (Å²) in [4.78, 5) is 0. The molecule has 0 aromatic carbocycles. The van der Waals surface area contributed by atoms with Crippen LogP contribution in [0.15, 0.2) is 24.3 Å². The number of aliphatic hydroxyl groups is 1. The molecule has 0 rings (SSSR count). The molecule has 0 aliphatic rings. The lowest BCUT2D eigenvalue weighted by molar-refractivity contribution is 0.226. The quantitative estimate of drug-likeness (QED) is 0.594. The molecule has 0 fully saturated rings. The first-order valence-electron chi connectivity index (χ1n) is 3.77. The van der Waals surface area contributed by atoms with Crippen molar-refractivity contribution in [1.82, 2.24) is 0 Å². The van der Waals surface area contributed by atoms with Crippen LogP contribution in [0.2, 0.25) is 0 Å². The van der Waals surface area contributed by atoms with Crippen molar-refractivity contribution in [1.29, 1.82) is 0 Å². The third-order valence-electron chi connectivity index (χ3n) is 1.19. The number of hydrogen-bond acceptors (Lipinski definition) is 1. The van der Waals surface area contributed by atoms with E-state index >= 15 is 0 Å². The minimum Gasteiger partial charge on any atom is -0.389 e. The highest BCUT2D eigenvalue weighted by molar-refractivity contribution is 4.92. The van der Waals surface area contributed by atoms with Gasteiger partial charge in [0, 0.05) is 0 Å². The van der Waals surface area contributed by atoms with E-state index in [0.29, 0.717) is 0 Å². The van der Waals surface area contributed by atoms with Crippen LogP contribution in [0.3, 0.4) is 0 Å². The van der Waals surface area contributed by atoms with Gasteiger partial charge in [0.25, 0.3) is 0 Å². The highest BCUT2D eigenvalue weighted by Gasteiger charge is 1.91. The van der Waals surface area contributed by atoms with Crippen molar-refractivity contribution < 1.29 is 5.11 Å².